The molecule has 1 saturated heterocycles. The molecule has 1 aromatic heterocycles. The van der Waals surface area contributed by atoms with Crippen molar-refractivity contribution in [3.63, 3.8) is 0 Å². The molecule has 128 valence electrons. The molecular formula is C16H21N5O3. The van der Waals surface area contributed by atoms with Gasteiger partial charge in [-0.3, -0.25) is 10.00 Å². The van der Waals surface area contributed by atoms with Crippen LogP contribution in [0.2, 0.25) is 0 Å². The van der Waals surface area contributed by atoms with Crippen LogP contribution in [0.4, 0.5) is 10.7 Å². The number of ether oxygens (including phenoxy) is 2. The molecule has 2 atom stereocenters. The smallest absolute Gasteiger partial charge is 0.322 e. The Hall–Kier alpha value is -2.45. The highest BCUT2D eigenvalue weighted by Gasteiger charge is 2.38. The lowest BCUT2D eigenvalue weighted by Gasteiger charge is -2.41. The largest absolute Gasteiger partial charge is 0.348 e. The van der Waals surface area contributed by atoms with Crippen LogP contribution in [0.25, 0.3) is 0 Å². The monoisotopic (exact) mass is 331 g/mol. The number of aromatic nitrogens is 3. The fraction of sp³-hybridized carbons (Fsp3) is 0.438. The number of rotatable bonds is 3. The Morgan fingerprint density at radius 1 is 1.33 bits per heavy atom. The second-order valence-corrected chi connectivity index (χ2v) is 6.11. The van der Waals surface area contributed by atoms with E-state index in [1.165, 1.54) is 11.0 Å². The summed E-state index contributed by atoms with van der Waals surface area (Å²) < 4.78 is 13.2. The van der Waals surface area contributed by atoms with Gasteiger partial charge in [0, 0.05) is 7.05 Å². The summed E-state index contributed by atoms with van der Waals surface area (Å²) in [6.45, 7) is 4.06. The van der Waals surface area contributed by atoms with Gasteiger partial charge in [0.1, 0.15) is 12.4 Å². The van der Waals surface area contributed by atoms with Crippen molar-refractivity contribution in [2.45, 2.75) is 31.8 Å². The van der Waals surface area contributed by atoms with E-state index in [0.29, 0.717) is 6.61 Å². The van der Waals surface area contributed by atoms with E-state index in [1.54, 1.807) is 7.05 Å². The number of nitrogens with one attached hydrogen (secondary N) is 2. The minimum atomic E-state index is -0.711. The fourth-order valence-corrected chi connectivity index (χ4v) is 2.56. The number of hydrogen-bond acceptors (Lipinski definition) is 5. The SMILES string of the molecule is Cn1cnc(NC(=O)N[C@@H]2COC(C)(C)O[C@@H]2c2ccccc2)n1. The second-order valence-electron chi connectivity index (χ2n) is 6.11. The third-order valence-electron chi connectivity index (χ3n) is 3.66. The van der Waals surface area contributed by atoms with Gasteiger partial charge < -0.3 is 14.8 Å². The van der Waals surface area contributed by atoms with Gasteiger partial charge >= 0.3 is 6.03 Å². The Morgan fingerprint density at radius 2 is 2.08 bits per heavy atom. The van der Waals surface area contributed by atoms with Gasteiger partial charge in [-0.15, -0.1) is 5.10 Å². The van der Waals surface area contributed by atoms with Crippen LogP contribution in [0, 0.1) is 0 Å². The molecule has 1 aliphatic heterocycles. The molecule has 8 heteroatoms. The van der Waals surface area contributed by atoms with Crippen molar-refractivity contribution in [2.24, 2.45) is 7.05 Å². The van der Waals surface area contributed by atoms with Gasteiger partial charge in [-0.1, -0.05) is 30.3 Å². The van der Waals surface area contributed by atoms with Crippen molar-refractivity contribution in [1.29, 1.82) is 0 Å². The number of hydrogen-bond donors (Lipinski definition) is 2. The first-order valence-corrected chi connectivity index (χ1v) is 7.73. The van der Waals surface area contributed by atoms with Crippen molar-refractivity contribution in [1.82, 2.24) is 20.1 Å². The summed E-state index contributed by atoms with van der Waals surface area (Å²) in [7, 11) is 1.73. The third kappa shape index (κ3) is 3.90. The summed E-state index contributed by atoms with van der Waals surface area (Å²) in [6, 6.07) is 9.03. The first-order chi connectivity index (χ1) is 11.4. The average molecular weight is 331 g/mol. The van der Waals surface area contributed by atoms with E-state index in [1.807, 2.05) is 44.2 Å². The summed E-state index contributed by atoms with van der Waals surface area (Å²) in [5, 5.41) is 9.49. The van der Waals surface area contributed by atoms with E-state index in [4.69, 9.17) is 9.47 Å². The van der Waals surface area contributed by atoms with Gasteiger partial charge in [0.15, 0.2) is 5.79 Å². The molecule has 1 fully saturated rings. The molecule has 0 spiro atoms. The van der Waals surface area contributed by atoms with Gasteiger partial charge in [0.25, 0.3) is 0 Å². The first kappa shape index (κ1) is 16.4. The minimum absolute atomic E-state index is 0.240. The Morgan fingerprint density at radius 3 is 2.75 bits per heavy atom. The molecule has 3 rings (SSSR count). The molecule has 24 heavy (non-hydrogen) atoms. The molecule has 1 aromatic carbocycles. The van der Waals surface area contributed by atoms with Crippen molar-refractivity contribution in [3.05, 3.63) is 42.2 Å². The molecule has 1 aliphatic rings. The Bertz CT molecular complexity index is 701. The van der Waals surface area contributed by atoms with Crippen molar-refractivity contribution >= 4 is 12.0 Å². The van der Waals surface area contributed by atoms with Gasteiger partial charge in [-0.2, -0.15) is 0 Å². The predicted octanol–water partition coefficient (Wildman–Crippen LogP) is 1.83. The van der Waals surface area contributed by atoms with Crippen molar-refractivity contribution in [3.8, 4) is 0 Å². The van der Waals surface area contributed by atoms with E-state index in [2.05, 4.69) is 20.7 Å². The number of carbonyl (C=O) groups excluding carboxylic acids is 1. The number of benzene rings is 1. The zero-order valence-corrected chi connectivity index (χ0v) is 13.9. The van der Waals surface area contributed by atoms with Crippen LogP contribution in [0.15, 0.2) is 36.7 Å². The van der Waals surface area contributed by atoms with Crippen LogP contribution in [-0.4, -0.2) is 39.2 Å². The Kier molecular flexibility index (Phi) is 4.50. The highest BCUT2D eigenvalue weighted by molar-refractivity contribution is 5.87. The molecule has 2 amide bonds. The van der Waals surface area contributed by atoms with E-state index >= 15 is 0 Å². The molecular weight excluding hydrogens is 310 g/mol. The number of carbonyl (C=O) groups is 1. The first-order valence-electron chi connectivity index (χ1n) is 7.73. The number of urea groups is 1. The Labute approximate surface area is 140 Å². The van der Waals surface area contributed by atoms with Crippen LogP contribution in [0.1, 0.15) is 25.5 Å². The fourth-order valence-electron chi connectivity index (χ4n) is 2.56. The van der Waals surface area contributed by atoms with Gasteiger partial charge in [-0.05, 0) is 19.4 Å². The quantitative estimate of drug-likeness (QED) is 0.895. The maximum atomic E-state index is 12.2. The maximum absolute atomic E-state index is 12.2. The van der Waals surface area contributed by atoms with Crippen LogP contribution < -0.4 is 10.6 Å². The van der Waals surface area contributed by atoms with Crippen LogP contribution in [0.3, 0.4) is 0 Å². The molecule has 2 N–H and O–H groups in total. The van der Waals surface area contributed by atoms with Gasteiger partial charge in [-0.25, -0.2) is 9.78 Å². The summed E-state index contributed by atoms with van der Waals surface area (Å²) in [5.41, 5.74) is 0.982. The zero-order valence-electron chi connectivity index (χ0n) is 13.9. The molecule has 0 aliphatic carbocycles. The summed E-state index contributed by atoms with van der Waals surface area (Å²) in [6.07, 6.45) is 1.20. The number of aryl methyl sites for hydroxylation is 1. The van der Waals surface area contributed by atoms with E-state index in [0.717, 1.165) is 5.56 Å². The maximum Gasteiger partial charge on any atom is 0.322 e. The van der Waals surface area contributed by atoms with Crippen LogP contribution >= 0.6 is 0 Å². The van der Waals surface area contributed by atoms with E-state index in [-0.39, 0.29) is 18.1 Å². The molecule has 8 nitrogen and oxygen atoms in total. The number of amides is 2. The van der Waals surface area contributed by atoms with Crippen molar-refractivity contribution < 1.29 is 14.3 Å². The summed E-state index contributed by atoms with van der Waals surface area (Å²) in [4.78, 5) is 16.2. The Balaban J connectivity index is 1.71. The number of nitrogens with zero attached hydrogens (tertiary/aromatic N) is 3. The van der Waals surface area contributed by atoms with Crippen LogP contribution in [-0.2, 0) is 16.5 Å². The second kappa shape index (κ2) is 6.58. The van der Waals surface area contributed by atoms with Crippen molar-refractivity contribution in [2.75, 3.05) is 11.9 Å². The normalized spacial score (nSPS) is 22.8. The summed E-state index contributed by atoms with van der Waals surface area (Å²) in [5.74, 6) is -0.471. The minimum Gasteiger partial charge on any atom is -0.348 e. The highest BCUT2D eigenvalue weighted by atomic mass is 16.7. The predicted molar refractivity (Wildman–Crippen MR) is 87.2 cm³/mol. The average Bonchev–Trinajstić information content (AvgIpc) is 2.94. The summed E-state index contributed by atoms with van der Waals surface area (Å²) >= 11 is 0. The van der Waals surface area contributed by atoms with E-state index < -0.39 is 11.8 Å². The van der Waals surface area contributed by atoms with Gasteiger partial charge in [0.05, 0.1) is 12.6 Å². The lowest BCUT2D eigenvalue weighted by atomic mass is 10.0. The molecule has 0 bridgehead atoms. The van der Waals surface area contributed by atoms with Crippen LogP contribution in [0.5, 0.6) is 0 Å². The zero-order chi connectivity index (χ0) is 17.2. The molecule has 0 saturated carbocycles. The third-order valence-corrected chi connectivity index (χ3v) is 3.66. The highest BCUT2D eigenvalue weighted by Crippen LogP contribution is 2.32. The molecule has 0 radical (unpaired) electrons. The van der Waals surface area contributed by atoms with Gasteiger partial charge in [0.2, 0.25) is 5.95 Å². The molecule has 2 heterocycles. The molecule has 0 unspecified atom stereocenters. The topological polar surface area (TPSA) is 90.3 Å². The number of anilines is 1. The standard InChI is InChI=1S/C16H21N5O3/c1-16(2)23-9-12(13(24-16)11-7-5-4-6-8-11)18-15(22)19-14-17-10-21(3)20-14/h4-8,10,12-13H,9H2,1-3H3,(H2,18,19,20,22)/t12-,13-/m1/s1. The van der Waals surface area contributed by atoms with E-state index in [9.17, 15) is 4.79 Å². The lowest BCUT2D eigenvalue weighted by molar-refractivity contribution is -0.284. The lowest BCUT2D eigenvalue weighted by Crippen LogP contribution is -2.52. The molecule has 2 aromatic rings.